The molecular weight excluding hydrogens is 354 g/mol. The van der Waals surface area contributed by atoms with Gasteiger partial charge in [-0.05, 0) is 35.9 Å². The van der Waals surface area contributed by atoms with Gasteiger partial charge in [0.25, 0.3) is 0 Å². The van der Waals surface area contributed by atoms with E-state index in [0.717, 1.165) is 11.3 Å². The molecule has 0 atom stereocenters. The molecule has 2 aromatic heterocycles. The van der Waals surface area contributed by atoms with Crippen molar-refractivity contribution in [3.63, 3.8) is 0 Å². The van der Waals surface area contributed by atoms with Crippen molar-refractivity contribution >= 4 is 5.82 Å². The van der Waals surface area contributed by atoms with Gasteiger partial charge >= 0.3 is 0 Å². The van der Waals surface area contributed by atoms with Gasteiger partial charge in [-0.3, -0.25) is 0 Å². The van der Waals surface area contributed by atoms with Crippen molar-refractivity contribution in [1.82, 2.24) is 14.5 Å². The molecule has 0 radical (unpaired) electrons. The molecule has 136 valence electrons. The first-order valence-electron chi connectivity index (χ1n) is 8.38. The number of nitrogen functional groups attached to an aromatic ring is 1. The van der Waals surface area contributed by atoms with E-state index in [-0.39, 0.29) is 22.9 Å². The highest BCUT2D eigenvalue weighted by atomic mass is 16.3. The van der Waals surface area contributed by atoms with Crippen LogP contribution in [0.4, 0.5) is 5.82 Å². The smallest absolute Gasteiger partial charge is 0.158 e. The van der Waals surface area contributed by atoms with E-state index >= 15 is 0 Å². The number of phenols is 2. The van der Waals surface area contributed by atoms with E-state index in [1.54, 1.807) is 24.7 Å². The van der Waals surface area contributed by atoms with E-state index in [9.17, 15) is 15.5 Å². The average Bonchev–Trinajstić information content (AvgIpc) is 3.24. The first kappa shape index (κ1) is 17.1. The molecule has 0 aliphatic carbocycles. The van der Waals surface area contributed by atoms with Crippen molar-refractivity contribution in [1.29, 1.82) is 5.26 Å². The Morgan fingerprint density at radius 2 is 1.71 bits per heavy atom. The summed E-state index contributed by atoms with van der Waals surface area (Å²) in [6, 6.07) is 15.8. The summed E-state index contributed by atoms with van der Waals surface area (Å²) in [5, 5.41) is 28.9. The van der Waals surface area contributed by atoms with Crippen LogP contribution in [0.5, 0.6) is 11.5 Å². The average molecular weight is 369 g/mol. The van der Waals surface area contributed by atoms with Crippen molar-refractivity contribution in [3.8, 4) is 45.6 Å². The quantitative estimate of drug-likeness (QED) is 0.476. The Balaban J connectivity index is 1.81. The number of imidazole rings is 1. The molecule has 2 aromatic carbocycles. The molecule has 28 heavy (non-hydrogen) atoms. The second-order valence-electron chi connectivity index (χ2n) is 6.15. The summed E-state index contributed by atoms with van der Waals surface area (Å²) in [4.78, 5) is 8.39. The summed E-state index contributed by atoms with van der Waals surface area (Å²) in [6.07, 6.45) is 5.26. The topological polar surface area (TPSA) is 121 Å². The molecule has 0 amide bonds. The first-order valence-corrected chi connectivity index (χ1v) is 8.38. The lowest BCUT2D eigenvalue weighted by atomic mass is 9.98. The van der Waals surface area contributed by atoms with Crippen molar-refractivity contribution in [2.24, 2.45) is 0 Å². The van der Waals surface area contributed by atoms with Crippen LogP contribution in [0.15, 0.2) is 67.3 Å². The lowest BCUT2D eigenvalue weighted by Crippen LogP contribution is -2.00. The molecule has 4 N–H and O–H groups in total. The maximum absolute atomic E-state index is 9.81. The molecule has 0 bridgehead atoms. The molecule has 0 saturated carbocycles. The van der Waals surface area contributed by atoms with Gasteiger partial charge in [-0.25, -0.2) is 9.97 Å². The number of aromatic nitrogens is 3. The highest BCUT2D eigenvalue weighted by Gasteiger charge is 2.15. The molecule has 2 heterocycles. The Morgan fingerprint density at radius 3 is 2.36 bits per heavy atom. The van der Waals surface area contributed by atoms with Gasteiger partial charge in [0.15, 0.2) is 11.5 Å². The van der Waals surface area contributed by atoms with Crippen molar-refractivity contribution in [2.75, 3.05) is 5.73 Å². The van der Waals surface area contributed by atoms with Crippen LogP contribution in [0, 0.1) is 11.3 Å². The van der Waals surface area contributed by atoms with Crippen LogP contribution in [0.3, 0.4) is 0 Å². The molecule has 0 fully saturated rings. The van der Waals surface area contributed by atoms with Crippen LogP contribution in [-0.2, 0) is 0 Å². The number of pyridine rings is 1. The molecule has 0 saturated heterocycles. The predicted molar refractivity (Wildman–Crippen MR) is 105 cm³/mol. The lowest BCUT2D eigenvalue weighted by molar-refractivity contribution is 0.404. The highest BCUT2D eigenvalue weighted by molar-refractivity contribution is 5.81. The van der Waals surface area contributed by atoms with Crippen LogP contribution >= 0.6 is 0 Å². The Labute approximate surface area is 160 Å². The van der Waals surface area contributed by atoms with Crippen LogP contribution in [0.1, 0.15) is 5.56 Å². The van der Waals surface area contributed by atoms with E-state index in [1.165, 1.54) is 12.1 Å². The van der Waals surface area contributed by atoms with E-state index in [2.05, 4.69) is 16.0 Å². The molecule has 4 aromatic rings. The SMILES string of the molecule is N#Cc1c(-c2ccc(O)c(O)c2)cc(-c2ccc(-n3ccnc3)cc2)nc1N. The summed E-state index contributed by atoms with van der Waals surface area (Å²) < 4.78 is 1.88. The van der Waals surface area contributed by atoms with Gasteiger partial charge in [0, 0.05) is 29.2 Å². The molecule has 7 heteroatoms. The number of nitriles is 1. The molecular formula is C21H15N5O2. The van der Waals surface area contributed by atoms with Crippen molar-refractivity contribution < 1.29 is 10.2 Å². The second-order valence-corrected chi connectivity index (χ2v) is 6.15. The van der Waals surface area contributed by atoms with Gasteiger partial charge in [0.1, 0.15) is 17.5 Å². The van der Waals surface area contributed by atoms with E-state index in [0.29, 0.717) is 16.8 Å². The van der Waals surface area contributed by atoms with E-state index in [1.807, 2.05) is 35.0 Å². The number of hydrogen-bond acceptors (Lipinski definition) is 6. The number of benzene rings is 2. The number of phenolic OH excluding ortho intramolecular Hbond substituents is 2. The number of nitrogens with zero attached hydrogens (tertiary/aromatic N) is 4. The van der Waals surface area contributed by atoms with Gasteiger partial charge in [0.2, 0.25) is 0 Å². The van der Waals surface area contributed by atoms with Gasteiger partial charge in [-0.1, -0.05) is 18.2 Å². The number of nitrogens with two attached hydrogens (primary N) is 1. The zero-order valence-corrected chi connectivity index (χ0v) is 14.6. The largest absolute Gasteiger partial charge is 0.504 e. The fourth-order valence-corrected chi connectivity index (χ4v) is 2.97. The third-order valence-corrected chi connectivity index (χ3v) is 4.41. The number of rotatable bonds is 3. The predicted octanol–water partition coefficient (Wildman–Crippen LogP) is 3.47. The Kier molecular flexibility index (Phi) is 4.14. The Hall–Kier alpha value is -4.31. The summed E-state index contributed by atoms with van der Waals surface area (Å²) in [6.45, 7) is 0. The van der Waals surface area contributed by atoms with Crippen LogP contribution in [-0.4, -0.2) is 24.7 Å². The fourth-order valence-electron chi connectivity index (χ4n) is 2.97. The summed E-state index contributed by atoms with van der Waals surface area (Å²) >= 11 is 0. The van der Waals surface area contributed by atoms with Gasteiger partial charge < -0.3 is 20.5 Å². The highest BCUT2D eigenvalue weighted by Crippen LogP contribution is 2.35. The fraction of sp³-hybridized carbons (Fsp3) is 0. The van der Waals surface area contributed by atoms with Crippen LogP contribution in [0.25, 0.3) is 28.1 Å². The van der Waals surface area contributed by atoms with Gasteiger partial charge in [-0.2, -0.15) is 5.26 Å². The van der Waals surface area contributed by atoms with Crippen LogP contribution < -0.4 is 5.73 Å². The van der Waals surface area contributed by atoms with E-state index in [4.69, 9.17) is 5.73 Å². The van der Waals surface area contributed by atoms with E-state index < -0.39 is 0 Å². The Morgan fingerprint density at radius 1 is 0.964 bits per heavy atom. The maximum Gasteiger partial charge on any atom is 0.158 e. The molecule has 0 spiro atoms. The summed E-state index contributed by atoms with van der Waals surface area (Å²) in [5.74, 6) is -0.413. The lowest BCUT2D eigenvalue weighted by Gasteiger charge is -2.11. The third-order valence-electron chi connectivity index (χ3n) is 4.41. The standard InChI is InChI=1S/C21H15N5O2/c22-11-17-16(14-3-6-19(27)20(28)9-14)10-18(25-21(17)23)13-1-4-15(5-2-13)26-8-7-24-12-26/h1-10,12,27-28H,(H2,23,25). The zero-order chi connectivity index (χ0) is 19.7. The number of hydrogen-bond donors (Lipinski definition) is 3. The first-order chi connectivity index (χ1) is 13.6. The molecule has 7 nitrogen and oxygen atoms in total. The van der Waals surface area contributed by atoms with Crippen LogP contribution in [0.2, 0.25) is 0 Å². The maximum atomic E-state index is 9.81. The Bertz CT molecular complexity index is 1190. The number of anilines is 1. The van der Waals surface area contributed by atoms with Gasteiger partial charge in [0.05, 0.1) is 12.0 Å². The third kappa shape index (κ3) is 2.99. The molecule has 0 unspecified atom stereocenters. The minimum Gasteiger partial charge on any atom is -0.504 e. The van der Waals surface area contributed by atoms with Crippen molar-refractivity contribution in [3.05, 3.63) is 72.8 Å². The normalized spacial score (nSPS) is 10.5. The monoisotopic (exact) mass is 369 g/mol. The second kappa shape index (κ2) is 6.78. The molecule has 0 aliphatic heterocycles. The van der Waals surface area contributed by atoms with Crippen molar-refractivity contribution in [2.45, 2.75) is 0 Å². The minimum atomic E-state index is -0.275. The van der Waals surface area contributed by atoms with Gasteiger partial charge in [-0.15, -0.1) is 0 Å². The molecule has 4 rings (SSSR count). The number of aromatic hydroxyl groups is 2. The zero-order valence-electron chi connectivity index (χ0n) is 14.6. The summed E-state index contributed by atoms with van der Waals surface area (Å²) in [5.41, 5.74) is 9.68. The molecule has 0 aliphatic rings. The summed E-state index contributed by atoms with van der Waals surface area (Å²) in [7, 11) is 0. The minimum absolute atomic E-state index is 0.0984.